The minimum Gasteiger partial charge on any atom is -0.480 e. The van der Waals surface area contributed by atoms with Crippen LogP contribution in [0, 0.1) is 5.82 Å². The van der Waals surface area contributed by atoms with Crippen LogP contribution in [0.25, 0.3) is 0 Å². The summed E-state index contributed by atoms with van der Waals surface area (Å²) < 4.78 is 37.7. The van der Waals surface area contributed by atoms with E-state index in [1.54, 1.807) is 12.1 Å². The lowest BCUT2D eigenvalue weighted by Gasteiger charge is -2.33. The van der Waals surface area contributed by atoms with Gasteiger partial charge in [-0.05, 0) is 23.3 Å². The van der Waals surface area contributed by atoms with Gasteiger partial charge < -0.3 is 18.9 Å². The number of ether oxygens (including phenoxy) is 4. The van der Waals surface area contributed by atoms with Crippen LogP contribution in [0.15, 0.2) is 78.9 Å². The van der Waals surface area contributed by atoms with Gasteiger partial charge >= 0.3 is 0 Å². The Labute approximate surface area is 169 Å². The van der Waals surface area contributed by atoms with Crippen LogP contribution in [0.2, 0.25) is 0 Å². The van der Waals surface area contributed by atoms with Crippen molar-refractivity contribution in [1.29, 1.82) is 0 Å². The molecule has 0 fully saturated rings. The minimum absolute atomic E-state index is 0.125. The van der Waals surface area contributed by atoms with Crippen LogP contribution in [-0.2, 0) is 22.7 Å². The molecule has 5 heteroatoms. The maximum absolute atomic E-state index is 14.2. The number of fused-ring (bicyclic) bond motifs is 1. The molecule has 0 saturated heterocycles. The third kappa shape index (κ3) is 5.13. The highest BCUT2D eigenvalue weighted by atomic mass is 19.1. The topological polar surface area (TPSA) is 36.9 Å². The van der Waals surface area contributed by atoms with Crippen molar-refractivity contribution in [2.45, 2.75) is 25.4 Å². The second-order valence-corrected chi connectivity index (χ2v) is 6.88. The monoisotopic (exact) mass is 394 g/mol. The number of hydrogen-bond donors (Lipinski definition) is 0. The molecular formula is C24H23FO4. The lowest BCUT2D eigenvalue weighted by atomic mass is 10.1. The summed E-state index contributed by atoms with van der Waals surface area (Å²) in [7, 11) is 0. The third-order valence-corrected chi connectivity index (χ3v) is 4.68. The molecule has 4 rings (SSSR count). The van der Waals surface area contributed by atoms with Crippen LogP contribution >= 0.6 is 0 Å². The molecule has 0 unspecified atom stereocenters. The number of benzene rings is 3. The number of para-hydroxylation sites is 1. The maximum Gasteiger partial charge on any atom is 0.197 e. The average Bonchev–Trinajstić information content (AvgIpc) is 2.76. The summed E-state index contributed by atoms with van der Waals surface area (Å²) in [6.45, 7) is 1.49. The van der Waals surface area contributed by atoms with Gasteiger partial charge in [-0.3, -0.25) is 0 Å². The molecule has 4 nitrogen and oxygen atoms in total. The van der Waals surface area contributed by atoms with Gasteiger partial charge in [-0.25, -0.2) is 4.39 Å². The number of halogens is 1. The molecule has 2 atom stereocenters. The summed E-state index contributed by atoms with van der Waals surface area (Å²) in [5, 5.41) is 0. The first-order valence-electron chi connectivity index (χ1n) is 9.65. The highest BCUT2D eigenvalue weighted by molar-refractivity contribution is 5.42. The van der Waals surface area contributed by atoms with E-state index >= 15 is 0 Å². The summed E-state index contributed by atoms with van der Waals surface area (Å²) in [4.78, 5) is 0. The summed E-state index contributed by atoms with van der Waals surface area (Å²) in [5.74, 6) is 0.0666. The molecule has 1 aliphatic rings. The molecule has 3 aromatic rings. The molecule has 3 aromatic carbocycles. The van der Waals surface area contributed by atoms with Crippen molar-refractivity contribution < 1.29 is 23.3 Å². The van der Waals surface area contributed by atoms with E-state index in [1.807, 2.05) is 60.7 Å². The van der Waals surface area contributed by atoms with E-state index < -0.39 is 18.0 Å². The molecule has 0 radical (unpaired) electrons. The largest absolute Gasteiger partial charge is 0.480 e. The zero-order valence-electron chi connectivity index (χ0n) is 16.0. The fourth-order valence-electron chi connectivity index (χ4n) is 3.18. The van der Waals surface area contributed by atoms with Crippen molar-refractivity contribution in [3.05, 3.63) is 95.8 Å². The van der Waals surface area contributed by atoms with E-state index in [9.17, 15) is 4.39 Å². The van der Waals surface area contributed by atoms with Gasteiger partial charge in [-0.15, -0.1) is 0 Å². The Balaban J connectivity index is 1.39. The Bertz CT molecular complexity index is 901. The third-order valence-electron chi connectivity index (χ3n) is 4.68. The zero-order chi connectivity index (χ0) is 19.9. The predicted molar refractivity (Wildman–Crippen MR) is 107 cm³/mol. The van der Waals surface area contributed by atoms with Gasteiger partial charge in [-0.2, -0.15) is 0 Å². The van der Waals surface area contributed by atoms with E-state index in [-0.39, 0.29) is 12.4 Å². The van der Waals surface area contributed by atoms with Gasteiger partial charge in [0.2, 0.25) is 0 Å². The molecule has 1 aliphatic heterocycles. The Morgan fingerprint density at radius 2 is 1.21 bits per heavy atom. The van der Waals surface area contributed by atoms with Crippen molar-refractivity contribution >= 4 is 0 Å². The van der Waals surface area contributed by atoms with E-state index in [0.29, 0.717) is 25.6 Å². The van der Waals surface area contributed by atoms with Crippen LogP contribution in [0.1, 0.15) is 11.1 Å². The van der Waals surface area contributed by atoms with E-state index in [2.05, 4.69) is 0 Å². The zero-order valence-corrected chi connectivity index (χ0v) is 16.0. The molecule has 0 aromatic heterocycles. The molecule has 0 spiro atoms. The molecule has 150 valence electrons. The van der Waals surface area contributed by atoms with Gasteiger partial charge in [0.25, 0.3) is 0 Å². The molecular weight excluding hydrogens is 371 g/mol. The number of rotatable bonds is 8. The molecule has 29 heavy (non-hydrogen) atoms. The normalized spacial score (nSPS) is 17.8. The Kier molecular flexibility index (Phi) is 6.39. The van der Waals surface area contributed by atoms with Gasteiger partial charge in [0.05, 0.1) is 26.4 Å². The molecule has 0 saturated carbocycles. The minimum atomic E-state index is -0.473. The molecule has 1 heterocycles. The summed E-state index contributed by atoms with van der Waals surface area (Å²) in [6.07, 6.45) is -0.873. The van der Waals surface area contributed by atoms with Crippen molar-refractivity contribution in [3.8, 4) is 11.5 Å². The second-order valence-electron chi connectivity index (χ2n) is 6.88. The Hall–Kier alpha value is -2.89. The van der Waals surface area contributed by atoms with Crippen LogP contribution in [0.3, 0.4) is 0 Å². The van der Waals surface area contributed by atoms with Crippen LogP contribution in [-0.4, -0.2) is 25.4 Å². The van der Waals surface area contributed by atoms with Crippen LogP contribution in [0.5, 0.6) is 11.5 Å². The fourth-order valence-corrected chi connectivity index (χ4v) is 3.18. The first-order chi connectivity index (χ1) is 14.3. The molecule has 0 bridgehead atoms. The van der Waals surface area contributed by atoms with Gasteiger partial charge in [0.1, 0.15) is 0 Å². The van der Waals surface area contributed by atoms with E-state index in [0.717, 1.165) is 11.1 Å². The fraction of sp³-hybridized carbons (Fsp3) is 0.250. The van der Waals surface area contributed by atoms with Crippen molar-refractivity contribution in [1.82, 2.24) is 0 Å². The first kappa shape index (κ1) is 19.4. The number of hydrogen-bond acceptors (Lipinski definition) is 4. The maximum atomic E-state index is 14.2. The highest BCUT2D eigenvalue weighted by Gasteiger charge is 2.33. The summed E-state index contributed by atoms with van der Waals surface area (Å²) >= 11 is 0. The van der Waals surface area contributed by atoms with Crippen molar-refractivity contribution in [2.75, 3.05) is 13.2 Å². The van der Waals surface area contributed by atoms with Gasteiger partial charge in [0, 0.05) is 0 Å². The van der Waals surface area contributed by atoms with Crippen LogP contribution < -0.4 is 9.47 Å². The van der Waals surface area contributed by atoms with E-state index in [4.69, 9.17) is 18.9 Å². The Morgan fingerprint density at radius 3 is 1.79 bits per heavy atom. The second kappa shape index (κ2) is 9.54. The SMILES string of the molecule is Fc1cccc2c1O[C@@H](COCc1ccccc1)[C@H](COCc1ccccc1)O2. The Morgan fingerprint density at radius 1 is 0.655 bits per heavy atom. The summed E-state index contributed by atoms with van der Waals surface area (Å²) in [5.41, 5.74) is 2.14. The molecule has 0 aliphatic carbocycles. The standard InChI is InChI=1S/C24H23FO4/c25-20-12-7-13-21-24(20)29-23(17-27-15-19-10-5-2-6-11-19)22(28-21)16-26-14-18-8-3-1-4-9-18/h1-13,22-23H,14-17H2/t22-,23-/m0/s1. The molecule has 0 N–H and O–H groups in total. The lowest BCUT2D eigenvalue weighted by Crippen LogP contribution is -2.46. The quantitative estimate of drug-likeness (QED) is 0.552. The van der Waals surface area contributed by atoms with Crippen LogP contribution in [0.4, 0.5) is 4.39 Å². The lowest BCUT2D eigenvalue weighted by molar-refractivity contribution is -0.0731. The van der Waals surface area contributed by atoms with Crippen molar-refractivity contribution in [3.63, 3.8) is 0 Å². The predicted octanol–water partition coefficient (Wildman–Crippen LogP) is 4.77. The average molecular weight is 394 g/mol. The smallest absolute Gasteiger partial charge is 0.197 e. The first-order valence-corrected chi connectivity index (χ1v) is 9.65. The summed E-state index contributed by atoms with van der Waals surface area (Å²) in [6, 6.07) is 24.4. The highest BCUT2D eigenvalue weighted by Crippen LogP contribution is 2.36. The van der Waals surface area contributed by atoms with E-state index in [1.165, 1.54) is 6.07 Å². The van der Waals surface area contributed by atoms with Gasteiger partial charge in [0.15, 0.2) is 29.5 Å². The van der Waals surface area contributed by atoms with Gasteiger partial charge in [-0.1, -0.05) is 66.7 Å². The molecule has 0 amide bonds. The van der Waals surface area contributed by atoms with Crippen molar-refractivity contribution in [2.24, 2.45) is 0 Å².